The van der Waals surface area contributed by atoms with Gasteiger partial charge in [0.15, 0.2) is 0 Å². The second-order valence-corrected chi connectivity index (χ2v) is 5.82. The lowest BCUT2D eigenvalue weighted by Crippen LogP contribution is -2.44. The number of carbonyl (C=O) groups is 2. The molecule has 1 saturated carbocycles. The van der Waals surface area contributed by atoms with Crippen LogP contribution in [-0.2, 0) is 16.0 Å². The third-order valence-corrected chi connectivity index (χ3v) is 4.61. The molecule has 1 aliphatic carbocycles. The third kappa shape index (κ3) is 2.94. The molecule has 3 unspecified atom stereocenters. The van der Waals surface area contributed by atoms with Crippen LogP contribution in [0, 0.1) is 11.8 Å². The number of carboxylic acid groups (broad SMARTS) is 1. The SMILES string of the molecule is CCc1nc(C(C)NC(=O)C2CCC2C(=O)O)cs1. The second-order valence-electron chi connectivity index (χ2n) is 4.88. The zero-order valence-corrected chi connectivity index (χ0v) is 11.9. The van der Waals surface area contributed by atoms with Crippen molar-refractivity contribution >= 4 is 23.2 Å². The number of nitrogens with zero attached hydrogens (tertiary/aromatic N) is 1. The molecule has 0 radical (unpaired) electrons. The summed E-state index contributed by atoms with van der Waals surface area (Å²) >= 11 is 1.58. The molecule has 1 fully saturated rings. The number of amides is 1. The standard InChI is InChI=1S/C13H18N2O3S/c1-3-11-15-10(6-19-11)7(2)14-12(16)8-4-5-9(8)13(17)18/h6-9H,3-5H2,1-2H3,(H,14,16)(H,17,18). The summed E-state index contributed by atoms with van der Waals surface area (Å²) in [6, 6.07) is -0.168. The minimum Gasteiger partial charge on any atom is -0.481 e. The largest absolute Gasteiger partial charge is 0.481 e. The lowest BCUT2D eigenvalue weighted by molar-refractivity contribution is -0.152. The van der Waals surface area contributed by atoms with E-state index in [0.29, 0.717) is 12.8 Å². The molecule has 19 heavy (non-hydrogen) atoms. The summed E-state index contributed by atoms with van der Waals surface area (Å²) in [6.07, 6.45) is 2.14. The maximum Gasteiger partial charge on any atom is 0.307 e. The molecule has 0 bridgehead atoms. The van der Waals surface area contributed by atoms with Crippen molar-refractivity contribution in [2.75, 3.05) is 0 Å². The van der Waals surface area contributed by atoms with Crippen molar-refractivity contribution in [3.8, 4) is 0 Å². The Morgan fingerprint density at radius 2 is 2.21 bits per heavy atom. The summed E-state index contributed by atoms with van der Waals surface area (Å²) in [5.74, 6) is -1.95. The van der Waals surface area contributed by atoms with Crippen molar-refractivity contribution in [2.24, 2.45) is 11.8 Å². The number of carbonyl (C=O) groups excluding carboxylic acids is 1. The highest BCUT2D eigenvalue weighted by Crippen LogP contribution is 2.35. The van der Waals surface area contributed by atoms with Gasteiger partial charge in [0.25, 0.3) is 0 Å². The predicted molar refractivity (Wildman–Crippen MR) is 71.9 cm³/mol. The van der Waals surface area contributed by atoms with Crippen LogP contribution >= 0.6 is 11.3 Å². The van der Waals surface area contributed by atoms with Gasteiger partial charge in [-0.25, -0.2) is 4.98 Å². The maximum atomic E-state index is 12.0. The summed E-state index contributed by atoms with van der Waals surface area (Å²) < 4.78 is 0. The van der Waals surface area contributed by atoms with Crippen LogP contribution in [0.15, 0.2) is 5.38 Å². The number of aliphatic carboxylic acids is 1. The smallest absolute Gasteiger partial charge is 0.307 e. The summed E-state index contributed by atoms with van der Waals surface area (Å²) in [4.78, 5) is 27.3. The molecule has 5 nitrogen and oxygen atoms in total. The van der Waals surface area contributed by atoms with Crippen LogP contribution in [0.1, 0.15) is 43.4 Å². The van der Waals surface area contributed by atoms with Crippen molar-refractivity contribution < 1.29 is 14.7 Å². The second kappa shape index (κ2) is 5.69. The first kappa shape index (κ1) is 14.0. The number of carboxylic acids is 1. The van der Waals surface area contributed by atoms with Crippen molar-refractivity contribution in [1.29, 1.82) is 0 Å². The number of thiazole rings is 1. The Bertz CT molecular complexity index is 486. The molecule has 1 aromatic rings. The Hall–Kier alpha value is -1.43. The minimum absolute atomic E-state index is 0.168. The highest BCUT2D eigenvalue weighted by atomic mass is 32.1. The topological polar surface area (TPSA) is 79.3 Å². The Morgan fingerprint density at radius 1 is 1.53 bits per heavy atom. The molecule has 0 saturated heterocycles. The number of aryl methyl sites for hydroxylation is 1. The Morgan fingerprint density at radius 3 is 2.68 bits per heavy atom. The molecule has 2 rings (SSSR count). The van der Waals surface area contributed by atoms with Crippen molar-refractivity contribution in [1.82, 2.24) is 10.3 Å². The van der Waals surface area contributed by atoms with Gasteiger partial charge in [-0.1, -0.05) is 6.92 Å². The first-order valence-electron chi connectivity index (χ1n) is 6.50. The monoisotopic (exact) mass is 282 g/mol. The predicted octanol–water partition coefficient (Wildman–Crippen LogP) is 1.99. The third-order valence-electron chi connectivity index (χ3n) is 3.60. The molecule has 1 heterocycles. The van der Waals surface area contributed by atoms with Gasteiger partial charge in [-0.05, 0) is 26.2 Å². The molecular weight excluding hydrogens is 264 g/mol. The van der Waals surface area contributed by atoms with Gasteiger partial charge in [0.05, 0.1) is 28.6 Å². The molecule has 3 atom stereocenters. The summed E-state index contributed by atoms with van der Waals surface area (Å²) in [5.41, 5.74) is 0.849. The lowest BCUT2D eigenvalue weighted by Gasteiger charge is -2.32. The van der Waals surface area contributed by atoms with Gasteiger partial charge in [-0.15, -0.1) is 11.3 Å². The molecule has 0 aromatic carbocycles. The fourth-order valence-electron chi connectivity index (χ4n) is 2.19. The number of nitrogens with one attached hydrogen (secondary N) is 1. The number of hydrogen-bond donors (Lipinski definition) is 2. The average Bonchev–Trinajstić information content (AvgIpc) is 2.74. The van der Waals surface area contributed by atoms with Crippen LogP contribution in [0.2, 0.25) is 0 Å². The van der Waals surface area contributed by atoms with Crippen molar-refractivity contribution in [3.63, 3.8) is 0 Å². The van der Waals surface area contributed by atoms with E-state index in [9.17, 15) is 9.59 Å². The Labute approximate surface area is 116 Å². The molecule has 1 aliphatic rings. The van der Waals surface area contributed by atoms with Gasteiger partial charge in [-0.2, -0.15) is 0 Å². The Balaban J connectivity index is 1.93. The molecule has 0 aliphatic heterocycles. The molecule has 104 valence electrons. The molecule has 6 heteroatoms. The Kier molecular flexibility index (Phi) is 4.19. The van der Waals surface area contributed by atoms with E-state index in [1.165, 1.54) is 0 Å². The number of aromatic nitrogens is 1. The van der Waals surface area contributed by atoms with E-state index in [4.69, 9.17) is 5.11 Å². The normalized spacial score (nSPS) is 23.5. The van der Waals surface area contributed by atoms with E-state index < -0.39 is 11.9 Å². The molecule has 1 aromatic heterocycles. The van der Waals surface area contributed by atoms with Gasteiger partial charge in [0, 0.05) is 5.38 Å². The lowest BCUT2D eigenvalue weighted by atomic mass is 9.73. The van der Waals surface area contributed by atoms with Crippen molar-refractivity contribution in [3.05, 3.63) is 16.1 Å². The summed E-state index contributed by atoms with van der Waals surface area (Å²) in [7, 11) is 0. The molecule has 0 spiro atoms. The first-order valence-corrected chi connectivity index (χ1v) is 7.38. The van der Waals surface area contributed by atoms with Gasteiger partial charge in [0.2, 0.25) is 5.91 Å². The minimum atomic E-state index is -0.874. The van der Waals surface area contributed by atoms with Crippen LogP contribution in [0.3, 0.4) is 0 Å². The van der Waals surface area contributed by atoms with Crippen LogP contribution in [0.5, 0.6) is 0 Å². The van der Waals surface area contributed by atoms with E-state index in [1.54, 1.807) is 11.3 Å². The van der Waals surface area contributed by atoms with Gasteiger partial charge in [0.1, 0.15) is 0 Å². The van der Waals surface area contributed by atoms with E-state index in [-0.39, 0.29) is 17.9 Å². The molecule has 2 N–H and O–H groups in total. The van der Waals surface area contributed by atoms with E-state index in [1.807, 2.05) is 19.2 Å². The molecule has 1 amide bonds. The molecular formula is C13H18N2O3S. The summed E-state index contributed by atoms with van der Waals surface area (Å²) in [6.45, 7) is 3.92. The van der Waals surface area contributed by atoms with Crippen LogP contribution in [0.4, 0.5) is 0 Å². The van der Waals surface area contributed by atoms with Crippen LogP contribution in [-0.4, -0.2) is 22.0 Å². The fourth-order valence-corrected chi connectivity index (χ4v) is 3.03. The number of rotatable bonds is 5. The van der Waals surface area contributed by atoms with Gasteiger partial charge in [-0.3, -0.25) is 9.59 Å². The highest BCUT2D eigenvalue weighted by molar-refractivity contribution is 7.09. The maximum absolute atomic E-state index is 12.0. The quantitative estimate of drug-likeness (QED) is 0.865. The van der Waals surface area contributed by atoms with Crippen molar-refractivity contribution in [2.45, 2.75) is 39.2 Å². The highest BCUT2D eigenvalue weighted by Gasteiger charge is 2.41. The summed E-state index contributed by atoms with van der Waals surface area (Å²) in [5, 5.41) is 14.8. The first-order chi connectivity index (χ1) is 9.02. The zero-order chi connectivity index (χ0) is 14.0. The number of hydrogen-bond acceptors (Lipinski definition) is 4. The van der Waals surface area contributed by atoms with Crippen LogP contribution < -0.4 is 5.32 Å². The van der Waals surface area contributed by atoms with Gasteiger partial charge >= 0.3 is 5.97 Å². The van der Waals surface area contributed by atoms with E-state index >= 15 is 0 Å². The van der Waals surface area contributed by atoms with E-state index in [2.05, 4.69) is 10.3 Å². The fraction of sp³-hybridized carbons (Fsp3) is 0.615. The van der Waals surface area contributed by atoms with Crippen LogP contribution in [0.25, 0.3) is 0 Å². The van der Waals surface area contributed by atoms with Gasteiger partial charge < -0.3 is 10.4 Å². The van der Waals surface area contributed by atoms with E-state index in [0.717, 1.165) is 17.1 Å². The average molecular weight is 282 g/mol. The zero-order valence-electron chi connectivity index (χ0n) is 11.0.